The van der Waals surface area contributed by atoms with Gasteiger partial charge in [-0.25, -0.2) is 4.98 Å². The van der Waals surface area contributed by atoms with Crippen LogP contribution in [0.3, 0.4) is 0 Å². The molecular formula is C21H18N4O4S. The number of pyridine rings is 1. The van der Waals surface area contributed by atoms with E-state index in [2.05, 4.69) is 15.6 Å². The summed E-state index contributed by atoms with van der Waals surface area (Å²) in [7, 11) is 0. The number of non-ortho nitro benzene ring substituents is 1. The van der Waals surface area contributed by atoms with Crippen LogP contribution in [0.2, 0.25) is 0 Å². The lowest BCUT2D eigenvalue weighted by Gasteiger charge is -2.12. The topological polar surface area (TPSA) is 114 Å². The second kappa shape index (κ2) is 9.66. The number of nitro benzene ring substituents is 1. The predicted octanol–water partition coefficient (Wildman–Crippen LogP) is 4.36. The van der Waals surface area contributed by atoms with Crippen LogP contribution in [0.15, 0.2) is 77.8 Å². The smallest absolute Gasteiger partial charge is 0.269 e. The highest BCUT2D eigenvalue weighted by Crippen LogP contribution is 2.27. The minimum Gasteiger partial charge on any atom is -0.322 e. The lowest BCUT2D eigenvalue weighted by atomic mass is 10.2. The molecule has 1 heterocycles. The van der Waals surface area contributed by atoms with Crippen LogP contribution in [0, 0.1) is 10.1 Å². The Morgan fingerprint density at radius 1 is 1.03 bits per heavy atom. The van der Waals surface area contributed by atoms with E-state index >= 15 is 0 Å². The number of amides is 2. The van der Waals surface area contributed by atoms with E-state index in [0.717, 1.165) is 4.90 Å². The molecule has 9 heteroatoms. The summed E-state index contributed by atoms with van der Waals surface area (Å²) in [6, 6.07) is 17.7. The molecule has 2 N–H and O–H groups in total. The molecule has 0 bridgehead atoms. The summed E-state index contributed by atoms with van der Waals surface area (Å²) in [5.41, 5.74) is 0.783. The summed E-state index contributed by atoms with van der Waals surface area (Å²) in [5, 5.41) is 15.8. The fraction of sp³-hybridized carbons (Fsp3) is 0.0952. The van der Waals surface area contributed by atoms with Crippen molar-refractivity contribution in [1.82, 2.24) is 4.98 Å². The third-order valence-corrected chi connectivity index (χ3v) is 5.12. The number of nitrogens with one attached hydrogen (secondary N) is 2. The van der Waals surface area contributed by atoms with Gasteiger partial charge in [0.1, 0.15) is 5.82 Å². The first-order valence-corrected chi connectivity index (χ1v) is 9.85. The predicted molar refractivity (Wildman–Crippen MR) is 116 cm³/mol. The van der Waals surface area contributed by atoms with Crippen molar-refractivity contribution < 1.29 is 14.5 Å². The average molecular weight is 422 g/mol. The van der Waals surface area contributed by atoms with Crippen molar-refractivity contribution >= 4 is 40.8 Å². The molecule has 0 spiro atoms. The van der Waals surface area contributed by atoms with Gasteiger partial charge in [0.05, 0.1) is 10.2 Å². The number of nitrogens with zero attached hydrogens (tertiary/aromatic N) is 2. The van der Waals surface area contributed by atoms with Crippen LogP contribution >= 0.6 is 11.8 Å². The third kappa shape index (κ3) is 5.65. The zero-order chi connectivity index (χ0) is 21.5. The Labute approximate surface area is 176 Å². The van der Waals surface area contributed by atoms with Crippen molar-refractivity contribution in [3.63, 3.8) is 0 Å². The van der Waals surface area contributed by atoms with Crippen molar-refractivity contribution in [3.8, 4) is 0 Å². The van der Waals surface area contributed by atoms with E-state index in [1.807, 2.05) is 6.07 Å². The Morgan fingerprint density at radius 2 is 1.80 bits per heavy atom. The quantitative estimate of drug-likeness (QED) is 0.332. The highest BCUT2D eigenvalue weighted by atomic mass is 32.2. The second-order valence-corrected chi connectivity index (χ2v) is 7.66. The van der Waals surface area contributed by atoms with Gasteiger partial charge in [0.15, 0.2) is 0 Å². The monoisotopic (exact) mass is 422 g/mol. The molecule has 3 rings (SSSR count). The molecule has 2 amide bonds. The molecule has 0 radical (unpaired) electrons. The molecule has 1 unspecified atom stereocenters. The Bertz CT molecular complexity index is 1060. The van der Waals surface area contributed by atoms with Gasteiger partial charge in [0.25, 0.3) is 11.6 Å². The van der Waals surface area contributed by atoms with Crippen molar-refractivity contribution in [3.05, 3.63) is 88.6 Å². The van der Waals surface area contributed by atoms with Gasteiger partial charge in [0.2, 0.25) is 5.91 Å². The Kier molecular flexibility index (Phi) is 6.76. The fourth-order valence-corrected chi connectivity index (χ4v) is 3.43. The van der Waals surface area contributed by atoms with Gasteiger partial charge in [-0.2, -0.15) is 0 Å². The molecule has 0 fully saturated rings. The molecule has 0 aliphatic heterocycles. The zero-order valence-electron chi connectivity index (χ0n) is 15.9. The third-order valence-electron chi connectivity index (χ3n) is 4.03. The van der Waals surface area contributed by atoms with E-state index in [1.165, 1.54) is 36.0 Å². The van der Waals surface area contributed by atoms with Crippen molar-refractivity contribution in [1.29, 1.82) is 0 Å². The Balaban J connectivity index is 1.61. The van der Waals surface area contributed by atoms with Crippen molar-refractivity contribution in [2.24, 2.45) is 0 Å². The molecule has 0 aliphatic rings. The summed E-state index contributed by atoms with van der Waals surface area (Å²) >= 11 is 1.35. The first-order valence-electron chi connectivity index (χ1n) is 8.97. The highest BCUT2D eigenvalue weighted by Gasteiger charge is 2.16. The van der Waals surface area contributed by atoms with E-state index in [1.54, 1.807) is 49.5 Å². The van der Waals surface area contributed by atoms with Crippen molar-refractivity contribution in [2.75, 3.05) is 10.6 Å². The van der Waals surface area contributed by atoms with Gasteiger partial charge in [-0.3, -0.25) is 19.7 Å². The number of anilines is 2. The number of benzene rings is 2. The summed E-state index contributed by atoms with van der Waals surface area (Å²) in [5.74, 6) is -0.0777. The number of thioether (sulfide) groups is 1. The van der Waals surface area contributed by atoms with Crippen LogP contribution in [0.1, 0.15) is 17.3 Å². The minimum absolute atomic E-state index is 0.0806. The molecule has 152 valence electrons. The van der Waals surface area contributed by atoms with E-state index in [9.17, 15) is 19.7 Å². The Morgan fingerprint density at radius 3 is 2.47 bits per heavy atom. The SMILES string of the molecule is CC(Sc1cccc(NC(=O)c2ccc([N+](=O)[O-])cc2)c1)C(=O)Nc1ccccn1. The van der Waals surface area contributed by atoms with Gasteiger partial charge in [-0.15, -0.1) is 11.8 Å². The summed E-state index contributed by atoms with van der Waals surface area (Å²) < 4.78 is 0. The molecule has 8 nitrogen and oxygen atoms in total. The highest BCUT2D eigenvalue weighted by molar-refractivity contribution is 8.00. The number of carbonyl (C=O) groups is 2. The standard InChI is InChI=1S/C21H18N4O4S/c1-14(20(26)24-19-7-2-3-12-22-19)30-18-6-4-5-16(13-18)23-21(27)15-8-10-17(11-9-15)25(28)29/h2-14H,1H3,(H,23,27)(H,22,24,26). The van der Waals surface area contributed by atoms with E-state index in [-0.39, 0.29) is 22.8 Å². The van der Waals surface area contributed by atoms with Crippen LogP contribution in [0.5, 0.6) is 0 Å². The minimum atomic E-state index is -0.520. The molecule has 0 saturated carbocycles. The maximum Gasteiger partial charge on any atom is 0.269 e. The normalized spacial score (nSPS) is 11.4. The van der Waals surface area contributed by atoms with E-state index in [0.29, 0.717) is 17.1 Å². The number of carbonyl (C=O) groups excluding carboxylic acids is 2. The maximum absolute atomic E-state index is 12.4. The lowest BCUT2D eigenvalue weighted by Crippen LogP contribution is -2.22. The summed E-state index contributed by atoms with van der Waals surface area (Å²) in [6.45, 7) is 1.78. The fourth-order valence-electron chi connectivity index (χ4n) is 2.51. The van der Waals surface area contributed by atoms with Crippen LogP contribution in [-0.2, 0) is 4.79 Å². The average Bonchev–Trinajstić information content (AvgIpc) is 2.74. The number of hydrogen-bond acceptors (Lipinski definition) is 6. The second-order valence-electron chi connectivity index (χ2n) is 6.25. The van der Waals surface area contributed by atoms with Crippen molar-refractivity contribution in [2.45, 2.75) is 17.1 Å². The van der Waals surface area contributed by atoms with E-state index < -0.39 is 4.92 Å². The summed E-state index contributed by atoms with van der Waals surface area (Å²) in [6.07, 6.45) is 1.60. The molecule has 1 aromatic heterocycles. The summed E-state index contributed by atoms with van der Waals surface area (Å²) in [4.78, 5) is 39.8. The van der Waals surface area contributed by atoms with Crippen LogP contribution in [-0.4, -0.2) is 27.0 Å². The number of aromatic nitrogens is 1. The number of nitro groups is 1. The molecule has 0 aliphatic carbocycles. The van der Waals surface area contributed by atoms with Crippen LogP contribution in [0.25, 0.3) is 0 Å². The molecule has 3 aromatic rings. The first kappa shape index (κ1) is 21.0. The maximum atomic E-state index is 12.4. The van der Waals surface area contributed by atoms with Gasteiger partial charge < -0.3 is 10.6 Å². The van der Waals surface area contributed by atoms with Gasteiger partial charge in [-0.05, 0) is 49.4 Å². The lowest BCUT2D eigenvalue weighted by molar-refractivity contribution is -0.384. The molecule has 2 aromatic carbocycles. The van der Waals surface area contributed by atoms with Crippen LogP contribution in [0.4, 0.5) is 17.2 Å². The largest absolute Gasteiger partial charge is 0.322 e. The molecular weight excluding hydrogens is 404 g/mol. The molecule has 0 saturated heterocycles. The Hall–Kier alpha value is -3.72. The number of hydrogen-bond donors (Lipinski definition) is 2. The molecule has 1 atom stereocenters. The number of rotatable bonds is 7. The van der Waals surface area contributed by atoms with Crippen LogP contribution < -0.4 is 10.6 Å². The first-order chi connectivity index (χ1) is 14.4. The van der Waals surface area contributed by atoms with Gasteiger partial charge in [-0.1, -0.05) is 12.1 Å². The van der Waals surface area contributed by atoms with E-state index in [4.69, 9.17) is 0 Å². The van der Waals surface area contributed by atoms with Gasteiger partial charge in [0, 0.05) is 34.5 Å². The van der Waals surface area contributed by atoms with Gasteiger partial charge >= 0.3 is 0 Å². The zero-order valence-corrected chi connectivity index (χ0v) is 16.8. The molecule has 30 heavy (non-hydrogen) atoms.